The molecule has 3 nitrogen and oxygen atoms in total. The average molecular weight is 233 g/mol. The molecule has 0 amide bonds. The Morgan fingerprint density at radius 3 is 2.71 bits per heavy atom. The van der Waals surface area contributed by atoms with Crippen LogP contribution < -0.4 is 5.73 Å². The number of benzene rings is 1. The van der Waals surface area contributed by atoms with Gasteiger partial charge in [0, 0.05) is 11.0 Å². The third-order valence-corrected chi connectivity index (χ3v) is 4.04. The molecule has 1 aromatic rings. The van der Waals surface area contributed by atoms with Crippen molar-refractivity contribution in [3.8, 4) is 0 Å². The maximum atomic E-state index is 11.2. The average Bonchev–Trinajstić information content (AvgIpc) is 2.57. The minimum Gasteiger partial charge on any atom is -0.481 e. The van der Waals surface area contributed by atoms with E-state index in [4.69, 9.17) is 5.73 Å². The Labute approximate surface area is 102 Å². The van der Waals surface area contributed by atoms with Gasteiger partial charge in [0.2, 0.25) is 0 Å². The Bertz CT molecular complexity index is 448. The third kappa shape index (κ3) is 1.84. The highest BCUT2D eigenvalue weighted by atomic mass is 16.4. The van der Waals surface area contributed by atoms with Crippen molar-refractivity contribution in [3.63, 3.8) is 0 Å². The van der Waals surface area contributed by atoms with Crippen molar-refractivity contribution in [2.45, 2.75) is 44.1 Å². The maximum Gasteiger partial charge on any atom is 0.304 e. The highest BCUT2D eigenvalue weighted by Crippen LogP contribution is 2.47. The van der Waals surface area contributed by atoms with Crippen LogP contribution in [0.15, 0.2) is 24.3 Å². The maximum absolute atomic E-state index is 11.2. The first-order valence-electron chi connectivity index (χ1n) is 5.96. The second kappa shape index (κ2) is 3.84. The molecule has 0 saturated carbocycles. The molecule has 3 heteroatoms. The van der Waals surface area contributed by atoms with Gasteiger partial charge in [0.15, 0.2) is 0 Å². The highest BCUT2D eigenvalue weighted by Gasteiger charge is 2.49. The molecule has 1 aliphatic carbocycles. The molecule has 0 heterocycles. The van der Waals surface area contributed by atoms with Gasteiger partial charge in [0.1, 0.15) is 0 Å². The zero-order chi connectivity index (χ0) is 12.7. The fourth-order valence-electron chi connectivity index (χ4n) is 3.03. The smallest absolute Gasteiger partial charge is 0.304 e. The van der Waals surface area contributed by atoms with Crippen molar-refractivity contribution < 1.29 is 9.90 Å². The van der Waals surface area contributed by atoms with Crippen LogP contribution in [0.3, 0.4) is 0 Å². The zero-order valence-electron chi connectivity index (χ0n) is 10.4. The monoisotopic (exact) mass is 233 g/mol. The van der Waals surface area contributed by atoms with Crippen LogP contribution >= 0.6 is 0 Å². The quantitative estimate of drug-likeness (QED) is 0.840. The lowest BCUT2D eigenvalue weighted by Crippen LogP contribution is -2.53. The van der Waals surface area contributed by atoms with E-state index in [1.807, 2.05) is 32.0 Å². The number of aliphatic carboxylic acids is 1. The molecule has 1 aliphatic rings. The first-order valence-corrected chi connectivity index (χ1v) is 5.96. The molecule has 1 aromatic carbocycles. The largest absolute Gasteiger partial charge is 0.481 e. The molecular formula is C14H19NO2. The number of fused-ring (bicyclic) bond motifs is 1. The summed E-state index contributed by atoms with van der Waals surface area (Å²) >= 11 is 0. The van der Waals surface area contributed by atoms with Gasteiger partial charge in [-0.1, -0.05) is 24.3 Å². The number of carboxylic acid groups (broad SMARTS) is 1. The molecule has 1 unspecified atom stereocenters. The summed E-state index contributed by atoms with van der Waals surface area (Å²) in [5.41, 5.74) is 7.67. The summed E-state index contributed by atoms with van der Waals surface area (Å²) in [5, 5.41) is 9.17. The highest BCUT2D eigenvalue weighted by molar-refractivity contribution is 5.70. The van der Waals surface area contributed by atoms with Gasteiger partial charge in [-0.2, -0.15) is 0 Å². The Morgan fingerprint density at radius 1 is 1.47 bits per heavy atom. The Kier molecular flexibility index (Phi) is 2.74. The summed E-state index contributed by atoms with van der Waals surface area (Å²) < 4.78 is 0. The topological polar surface area (TPSA) is 63.3 Å². The Balaban J connectivity index is 2.55. The molecule has 0 bridgehead atoms. The van der Waals surface area contributed by atoms with Crippen LogP contribution in [0.25, 0.3) is 0 Å². The van der Waals surface area contributed by atoms with Crippen LogP contribution in [0, 0.1) is 0 Å². The second-order valence-electron chi connectivity index (χ2n) is 5.53. The summed E-state index contributed by atoms with van der Waals surface area (Å²) in [4.78, 5) is 11.2. The Morgan fingerprint density at radius 2 is 2.12 bits per heavy atom. The summed E-state index contributed by atoms with van der Waals surface area (Å²) in [5.74, 6) is -0.778. The first kappa shape index (κ1) is 12.1. The Hall–Kier alpha value is -1.35. The van der Waals surface area contributed by atoms with Crippen LogP contribution in [0.4, 0.5) is 0 Å². The number of nitrogens with two attached hydrogens (primary N) is 1. The molecule has 0 fully saturated rings. The minimum absolute atomic E-state index is 0.105. The number of hydrogen-bond acceptors (Lipinski definition) is 2. The van der Waals surface area contributed by atoms with Crippen LogP contribution in [-0.4, -0.2) is 16.6 Å². The molecule has 92 valence electrons. The van der Waals surface area contributed by atoms with Crippen LogP contribution in [0.5, 0.6) is 0 Å². The van der Waals surface area contributed by atoms with Crippen LogP contribution in [-0.2, 0) is 16.6 Å². The summed E-state index contributed by atoms with van der Waals surface area (Å²) in [6.45, 7) is 3.86. The van der Waals surface area contributed by atoms with E-state index in [0.717, 1.165) is 18.4 Å². The van der Waals surface area contributed by atoms with Crippen molar-refractivity contribution in [2.75, 3.05) is 0 Å². The fourth-order valence-corrected chi connectivity index (χ4v) is 3.03. The number of aryl methyl sites for hydroxylation is 1. The molecule has 0 aromatic heterocycles. The van der Waals surface area contributed by atoms with Crippen molar-refractivity contribution in [1.29, 1.82) is 0 Å². The van der Waals surface area contributed by atoms with Gasteiger partial charge in [-0.05, 0) is 37.8 Å². The van der Waals surface area contributed by atoms with E-state index < -0.39 is 16.9 Å². The van der Waals surface area contributed by atoms with Crippen molar-refractivity contribution in [1.82, 2.24) is 0 Å². The predicted octanol–water partition coefficient (Wildman–Crippen LogP) is 2.08. The van der Waals surface area contributed by atoms with Gasteiger partial charge in [-0.15, -0.1) is 0 Å². The van der Waals surface area contributed by atoms with E-state index in [-0.39, 0.29) is 6.42 Å². The number of carbonyl (C=O) groups is 1. The third-order valence-electron chi connectivity index (χ3n) is 4.04. The summed E-state index contributed by atoms with van der Waals surface area (Å²) in [7, 11) is 0. The van der Waals surface area contributed by atoms with Gasteiger partial charge in [0.05, 0.1) is 6.42 Å². The SMILES string of the molecule is CC(C)(N)C1(CC(=O)O)CCc2ccccc21. The number of carboxylic acids is 1. The molecule has 2 rings (SSSR count). The molecule has 1 atom stereocenters. The predicted molar refractivity (Wildman–Crippen MR) is 67.0 cm³/mol. The molecule has 0 spiro atoms. The lowest BCUT2D eigenvalue weighted by Gasteiger charge is -2.41. The van der Waals surface area contributed by atoms with Gasteiger partial charge in [-0.25, -0.2) is 0 Å². The molecule has 0 radical (unpaired) electrons. The minimum atomic E-state index is -0.778. The van der Waals surface area contributed by atoms with E-state index >= 15 is 0 Å². The molecule has 0 saturated heterocycles. The van der Waals surface area contributed by atoms with Crippen molar-refractivity contribution in [3.05, 3.63) is 35.4 Å². The number of rotatable bonds is 3. The second-order valence-corrected chi connectivity index (χ2v) is 5.53. The molecule has 17 heavy (non-hydrogen) atoms. The lowest BCUT2D eigenvalue weighted by atomic mass is 9.66. The zero-order valence-corrected chi connectivity index (χ0v) is 10.4. The van der Waals surface area contributed by atoms with Gasteiger partial charge in [0.25, 0.3) is 0 Å². The molecule has 0 aliphatic heterocycles. The van der Waals surface area contributed by atoms with Gasteiger partial charge in [-0.3, -0.25) is 4.79 Å². The molecule has 3 N–H and O–H groups in total. The standard InChI is InChI=1S/C14H19NO2/c1-13(2,15)14(9-12(16)17)8-7-10-5-3-4-6-11(10)14/h3-6H,7-9,15H2,1-2H3,(H,16,17). The van der Waals surface area contributed by atoms with Crippen LogP contribution in [0.2, 0.25) is 0 Å². The van der Waals surface area contributed by atoms with E-state index in [1.165, 1.54) is 5.56 Å². The van der Waals surface area contributed by atoms with E-state index in [2.05, 4.69) is 6.07 Å². The summed E-state index contributed by atoms with van der Waals surface area (Å²) in [6, 6.07) is 8.07. The van der Waals surface area contributed by atoms with E-state index in [1.54, 1.807) is 0 Å². The van der Waals surface area contributed by atoms with E-state index in [0.29, 0.717) is 0 Å². The van der Waals surface area contributed by atoms with Crippen molar-refractivity contribution in [2.24, 2.45) is 5.73 Å². The van der Waals surface area contributed by atoms with Gasteiger partial charge < -0.3 is 10.8 Å². The van der Waals surface area contributed by atoms with Gasteiger partial charge >= 0.3 is 5.97 Å². The summed E-state index contributed by atoms with van der Waals surface area (Å²) in [6.07, 6.45) is 1.85. The lowest BCUT2D eigenvalue weighted by molar-refractivity contribution is -0.139. The first-order chi connectivity index (χ1) is 7.87. The normalized spacial score (nSPS) is 23.5. The fraction of sp³-hybridized carbons (Fsp3) is 0.500. The van der Waals surface area contributed by atoms with E-state index in [9.17, 15) is 9.90 Å². The van der Waals surface area contributed by atoms with Crippen molar-refractivity contribution >= 4 is 5.97 Å². The number of hydrogen-bond donors (Lipinski definition) is 2. The van der Waals surface area contributed by atoms with Crippen LogP contribution in [0.1, 0.15) is 37.8 Å². The molecular weight excluding hydrogens is 214 g/mol.